The number of nitrogens with two attached hydrogens (primary N) is 1. The molecule has 5 heteroatoms. The van der Waals surface area contributed by atoms with Gasteiger partial charge in [-0.05, 0) is 64.8 Å². The molecule has 2 rings (SSSR count). The van der Waals surface area contributed by atoms with Gasteiger partial charge in [-0.15, -0.1) is 0 Å². The van der Waals surface area contributed by atoms with Crippen LogP contribution < -0.4 is 11.1 Å². The molecule has 0 bridgehead atoms. The predicted octanol–water partition coefficient (Wildman–Crippen LogP) is 3.86. The molecule has 0 saturated heterocycles. The molecule has 0 aliphatic rings. The molecule has 0 unspecified atom stereocenters. The molecule has 0 radical (unpaired) electrons. The zero-order chi connectivity index (χ0) is 14.5. The maximum absolute atomic E-state index is 12.1. The van der Waals surface area contributed by atoms with Crippen molar-refractivity contribution < 1.29 is 4.79 Å². The number of halogens is 2. The van der Waals surface area contributed by atoms with Crippen molar-refractivity contribution in [2.75, 3.05) is 11.9 Å². The van der Waals surface area contributed by atoms with Gasteiger partial charge in [0.1, 0.15) is 0 Å². The standard InChI is InChI=1S/C15H14BrClN2O/c16-13-9-12(17)5-6-14(13)19-15(20)11-3-1-10(2-4-11)7-8-18/h1-6,9H,7-8,18H2,(H,19,20). The SMILES string of the molecule is NCCc1ccc(C(=O)Nc2ccc(Cl)cc2Br)cc1. The van der Waals surface area contributed by atoms with Crippen LogP contribution in [-0.4, -0.2) is 12.5 Å². The lowest BCUT2D eigenvalue weighted by Gasteiger charge is -2.08. The zero-order valence-corrected chi connectivity index (χ0v) is 13.0. The largest absolute Gasteiger partial charge is 0.330 e. The Morgan fingerprint density at radius 2 is 1.90 bits per heavy atom. The molecular weight excluding hydrogens is 340 g/mol. The van der Waals surface area contributed by atoms with Gasteiger partial charge in [0.2, 0.25) is 0 Å². The summed E-state index contributed by atoms with van der Waals surface area (Å²) < 4.78 is 0.748. The summed E-state index contributed by atoms with van der Waals surface area (Å²) in [6.07, 6.45) is 0.810. The second kappa shape index (κ2) is 6.88. The molecule has 0 aliphatic carbocycles. The average molecular weight is 354 g/mol. The van der Waals surface area contributed by atoms with Crippen molar-refractivity contribution in [3.8, 4) is 0 Å². The van der Waals surface area contributed by atoms with Gasteiger partial charge in [0.05, 0.1) is 5.69 Å². The molecule has 1 amide bonds. The number of hydrogen-bond donors (Lipinski definition) is 2. The summed E-state index contributed by atoms with van der Waals surface area (Å²) in [7, 11) is 0. The van der Waals surface area contributed by atoms with E-state index in [0.717, 1.165) is 16.5 Å². The van der Waals surface area contributed by atoms with E-state index in [1.54, 1.807) is 30.3 Å². The minimum absolute atomic E-state index is 0.160. The quantitative estimate of drug-likeness (QED) is 0.877. The van der Waals surface area contributed by atoms with Gasteiger partial charge >= 0.3 is 0 Å². The molecule has 0 fully saturated rings. The first-order valence-electron chi connectivity index (χ1n) is 6.15. The van der Waals surface area contributed by atoms with Gasteiger partial charge in [-0.3, -0.25) is 4.79 Å². The van der Waals surface area contributed by atoms with E-state index in [9.17, 15) is 4.79 Å². The fourth-order valence-corrected chi connectivity index (χ4v) is 2.56. The van der Waals surface area contributed by atoms with Crippen LogP contribution in [0.1, 0.15) is 15.9 Å². The number of nitrogens with one attached hydrogen (secondary N) is 1. The first-order valence-corrected chi connectivity index (χ1v) is 7.32. The fourth-order valence-electron chi connectivity index (χ4n) is 1.77. The smallest absolute Gasteiger partial charge is 0.255 e. The van der Waals surface area contributed by atoms with Gasteiger partial charge in [-0.1, -0.05) is 23.7 Å². The Kier molecular flexibility index (Phi) is 5.17. The molecule has 3 nitrogen and oxygen atoms in total. The Morgan fingerprint density at radius 3 is 2.50 bits per heavy atom. The summed E-state index contributed by atoms with van der Waals surface area (Å²) >= 11 is 9.23. The minimum Gasteiger partial charge on any atom is -0.330 e. The van der Waals surface area contributed by atoms with Crippen molar-refractivity contribution in [3.63, 3.8) is 0 Å². The molecule has 0 aliphatic heterocycles. The Morgan fingerprint density at radius 1 is 1.20 bits per heavy atom. The van der Waals surface area contributed by atoms with E-state index in [1.165, 1.54) is 0 Å². The Bertz CT molecular complexity index is 614. The van der Waals surface area contributed by atoms with Crippen LogP contribution in [-0.2, 0) is 6.42 Å². The molecule has 104 valence electrons. The summed E-state index contributed by atoms with van der Waals surface area (Å²) in [5.41, 5.74) is 7.91. The molecule has 2 aromatic carbocycles. The van der Waals surface area contributed by atoms with E-state index in [-0.39, 0.29) is 5.91 Å². The van der Waals surface area contributed by atoms with Gasteiger partial charge < -0.3 is 11.1 Å². The van der Waals surface area contributed by atoms with E-state index >= 15 is 0 Å². The molecule has 0 saturated carbocycles. The lowest BCUT2D eigenvalue weighted by molar-refractivity contribution is 0.102. The summed E-state index contributed by atoms with van der Waals surface area (Å²) in [4.78, 5) is 12.1. The van der Waals surface area contributed by atoms with Crippen LogP contribution in [0.4, 0.5) is 5.69 Å². The van der Waals surface area contributed by atoms with Gasteiger partial charge in [0, 0.05) is 15.1 Å². The lowest BCUT2D eigenvalue weighted by atomic mass is 10.1. The Labute approximate surface area is 131 Å². The Balaban J connectivity index is 2.11. The highest BCUT2D eigenvalue weighted by Gasteiger charge is 2.08. The summed E-state index contributed by atoms with van der Waals surface area (Å²) in [5, 5.41) is 3.45. The number of amides is 1. The van der Waals surface area contributed by atoms with Gasteiger partial charge in [0.15, 0.2) is 0 Å². The van der Waals surface area contributed by atoms with E-state index in [0.29, 0.717) is 22.8 Å². The van der Waals surface area contributed by atoms with Crippen molar-refractivity contribution in [3.05, 3.63) is 63.1 Å². The van der Waals surface area contributed by atoms with Gasteiger partial charge in [0.25, 0.3) is 5.91 Å². The molecule has 0 heterocycles. The molecule has 3 N–H and O–H groups in total. The Hall–Kier alpha value is -1.36. The van der Waals surface area contributed by atoms with Crippen molar-refractivity contribution >= 4 is 39.1 Å². The third-order valence-corrected chi connectivity index (χ3v) is 3.72. The fraction of sp³-hybridized carbons (Fsp3) is 0.133. The van der Waals surface area contributed by atoms with Crippen molar-refractivity contribution in [2.24, 2.45) is 5.73 Å². The molecular formula is C15H14BrClN2O. The summed E-state index contributed by atoms with van der Waals surface area (Å²) in [5.74, 6) is -0.160. The normalized spacial score (nSPS) is 10.3. The number of rotatable bonds is 4. The van der Waals surface area contributed by atoms with Crippen LogP contribution in [0.2, 0.25) is 5.02 Å². The van der Waals surface area contributed by atoms with Crippen LogP contribution in [0.3, 0.4) is 0 Å². The topological polar surface area (TPSA) is 55.1 Å². The van der Waals surface area contributed by atoms with E-state index in [1.807, 2.05) is 12.1 Å². The van der Waals surface area contributed by atoms with E-state index in [2.05, 4.69) is 21.2 Å². The number of hydrogen-bond acceptors (Lipinski definition) is 2. The molecule has 0 aromatic heterocycles. The summed E-state index contributed by atoms with van der Waals surface area (Å²) in [6, 6.07) is 12.6. The number of anilines is 1. The molecule has 20 heavy (non-hydrogen) atoms. The van der Waals surface area contributed by atoms with Crippen LogP contribution in [0.5, 0.6) is 0 Å². The maximum atomic E-state index is 12.1. The third-order valence-electron chi connectivity index (χ3n) is 2.83. The van der Waals surface area contributed by atoms with E-state index in [4.69, 9.17) is 17.3 Å². The van der Waals surface area contributed by atoms with Gasteiger partial charge in [-0.25, -0.2) is 0 Å². The summed E-state index contributed by atoms with van der Waals surface area (Å²) in [6.45, 7) is 0.600. The molecule has 0 atom stereocenters. The first-order chi connectivity index (χ1) is 9.60. The van der Waals surface area contributed by atoms with Crippen molar-refractivity contribution in [1.82, 2.24) is 0 Å². The highest BCUT2D eigenvalue weighted by molar-refractivity contribution is 9.10. The predicted molar refractivity (Wildman–Crippen MR) is 86.3 cm³/mol. The average Bonchev–Trinajstić information content (AvgIpc) is 2.43. The van der Waals surface area contributed by atoms with Crippen LogP contribution in [0.25, 0.3) is 0 Å². The highest BCUT2D eigenvalue weighted by atomic mass is 79.9. The minimum atomic E-state index is -0.160. The number of carbonyl (C=O) groups is 1. The second-order valence-corrected chi connectivity index (χ2v) is 5.60. The van der Waals surface area contributed by atoms with Crippen molar-refractivity contribution in [2.45, 2.75) is 6.42 Å². The third kappa shape index (κ3) is 3.82. The number of carbonyl (C=O) groups excluding carboxylic acids is 1. The van der Waals surface area contributed by atoms with Gasteiger partial charge in [-0.2, -0.15) is 0 Å². The maximum Gasteiger partial charge on any atom is 0.255 e. The van der Waals surface area contributed by atoms with E-state index < -0.39 is 0 Å². The molecule has 0 spiro atoms. The second-order valence-electron chi connectivity index (χ2n) is 4.31. The zero-order valence-electron chi connectivity index (χ0n) is 10.7. The first kappa shape index (κ1) is 15.0. The van der Waals surface area contributed by atoms with Crippen molar-refractivity contribution in [1.29, 1.82) is 0 Å². The van der Waals surface area contributed by atoms with Crippen LogP contribution >= 0.6 is 27.5 Å². The highest BCUT2D eigenvalue weighted by Crippen LogP contribution is 2.26. The van der Waals surface area contributed by atoms with Crippen LogP contribution in [0, 0.1) is 0 Å². The molecule has 2 aromatic rings. The number of benzene rings is 2. The lowest BCUT2D eigenvalue weighted by Crippen LogP contribution is -2.12. The monoisotopic (exact) mass is 352 g/mol. The van der Waals surface area contributed by atoms with Crippen LogP contribution in [0.15, 0.2) is 46.9 Å².